The van der Waals surface area contributed by atoms with E-state index in [4.69, 9.17) is 20.2 Å². The second-order valence-corrected chi connectivity index (χ2v) is 8.52. The van der Waals surface area contributed by atoms with Gasteiger partial charge in [0.15, 0.2) is 28.9 Å². The van der Waals surface area contributed by atoms with Gasteiger partial charge in [0.05, 0.1) is 48.7 Å². The van der Waals surface area contributed by atoms with Gasteiger partial charge in [0.25, 0.3) is 0 Å². The van der Waals surface area contributed by atoms with Crippen LogP contribution in [0.15, 0.2) is 12.3 Å². The van der Waals surface area contributed by atoms with Gasteiger partial charge in [0, 0.05) is 25.7 Å². The van der Waals surface area contributed by atoms with Crippen LogP contribution in [0, 0.1) is 5.82 Å². The van der Waals surface area contributed by atoms with E-state index in [1.54, 1.807) is 16.9 Å². The smallest absolute Gasteiger partial charge is 0.189 e. The highest BCUT2D eigenvalue weighted by Crippen LogP contribution is 2.41. The van der Waals surface area contributed by atoms with Gasteiger partial charge in [-0.05, 0) is 19.8 Å². The van der Waals surface area contributed by atoms with Gasteiger partial charge in [-0.1, -0.05) is 0 Å². The number of ether oxygens (including phenoxy) is 2. The van der Waals surface area contributed by atoms with Crippen molar-refractivity contribution in [1.29, 1.82) is 0 Å². The molecule has 0 aromatic carbocycles. The molecule has 3 saturated heterocycles. The summed E-state index contributed by atoms with van der Waals surface area (Å²) in [6, 6.07) is 1.78. The number of hydrogen-bond acceptors (Lipinski definition) is 8. The Labute approximate surface area is 178 Å². The Hall–Kier alpha value is -2.92. The fourth-order valence-electron chi connectivity index (χ4n) is 4.98. The first kappa shape index (κ1) is 18.8. The van der Waals surface area contributed by atoms with Crippen molar-refractivity contribution < 1.29 is 13.9 Å². The average molecular weight is 428 g/mol. The molecule has 6 rings (SSSR count). The number of fused-ring (bicyclic) bond motifs is 3. The van der Waals surface area contributed by atoms with Crippen molar-refractivity contribution in [3.63, 3.8) is 0 Å². The summed E-state index contributed by atoms with van der Waals surface area (Å²) >= 11 is 0. The van der Waals surface area contributed by atoms with Gasteiger partial charge >= 0.3 is 0 Å². The van der Waals surface area contributed by atoms with E-state index in [0.29, 0.717) is 61.2 Å². The fourth-order valence-corrected chi connectivity index (χ4v) is 4.98. The van der Waals surface area contributed by atoms with Crippen LogP contribution in [-0.2, 0) is 9.47 Å². The molecule has 10 nitrogen and oxygen atoms in total. The van der Waals surface area contributed by atoms with Crippen molar-refractivity contribution in [3.05, 3.63) is 18.1 Å². The molecule has 3 fully saturated rings. The fraction of sp³-hybridized carbons (Fsp3) is 0.550. The van der Waals surface area contributed by atoms with E-state index in [2.05, 4.69) is 20.2 Å². The summed E-state index contributed by atoms with van der Waals surface area (Å²) in [5.41, 5.74) is 7.30. The highest BCUT2D eigenvalue weighted by atomic mass is 19.1. The molecular weight excluding hydrogens is 403 g/mol. The summed E-state index contributed by atoms with van der Waals surface area (Å²) in [7, 11) is 0. The quantitative estimate of drug-likeness (QED) is 0.645. The summed E-state index contributed by atoms with van der Waals surface area (Å²) in [5.74, 6) is 0.803. The van der Waals surface area contributed by atoms with Gasteiger partial charge < -0.3 is 25.0 Å². The van der Waals surface area contributed by atoms with Gasteiger partial charge in [0.2, 0.25) is 0 Å². The predicted molar refractivity (Wildman–Crippen MR) is 113 cm³/mol. The number of nitrogens with one attached hydrogen (secondary N) is 1. The molecule has 2 unspecified atom stereocenters. The molecule has 0 saturated carbocycles. The second kappa shape index (κ2) is 7.06. The number of hydrogen-bond donors (Lipinski definition) is 2. The molecule has 0 amide bonds. The number of nitrogen functional groups attached to an aromatic ring is 1. The maximum atomic E-state index is 16.2. The van der Waals surface area contributed by atoms with Crippen LogP contribution in [0.2, 0.25) is 0 Å². The van der Waals surface area contributed by atoms with Crippen molar-refractivity contribution in [2.75, 3.05) is 48.4 Å². The molecular formula is C20H25FN8O2. The molecule has 11 heteroatoms. The number of aromatic nitrogens is 5. The molecule has 3 aliphatic rings. The molecule has 0 radical (unpaired) electrons. The van der Waals surface area contributed by atoms with Crippen LogP contribution in [0.3, 0.4) is 0 Å². The lowest BCUT2D eigenvalue weighted by Gasteiger charge is -2.37. The zero-order valence-corrected chi connectivity index (χ0v) is 17.3. The van der Waals surface area contributed by atoms with Crippen LogP contribution in [0.1, 0.15) is 19.8 Å². The number of H-pyrrole nitrogens is 1. The largest absolute Gasteiger partial charge is 0.382 e. The first-order valence-corrected chi connectivity index (χ1v) is 10.7. The summed E-state index contributed by atoms with van der Waals surface area (Å²) in [5, 5.41) is 11.9. The highest BCUT2D eigenvalue weighted by Gasteiger charge is 2.38. The molecule has 2 bridgehead atoms. The van der Waals surface area contributed by atoms with Crippen LogP contribution in [-0.4, -0.2) is 76.1 Å². The minimum atomic E-state index is -0.363. The molecule has 0 aliphatic carbocycles. The van der Waals surface area contributed by atoms with Crippen LogP contribution < -0.4 is 15.5 Å². The second-order valence-electron chi connectivity index (χ2n) is 8.52. The molecule has 164 valence electrons. The maximum absolute atomic E-state index is 16.2. The number of nitrogens with two attached hydrogens (primary N) is 1. The van der Waals surface area contributed by atoms with Gasteiger partial charge in [-0.25, -0.2) is 9.37 Å². The number of halogens is 1. The lowest BCUT2D eigenvalue weighted by molar-refractivity contribution is 0.0304. The number of rotatable bonds is 3. The standard InChI is InChI=1S/C20H25FN8O2/c1-11-10-30-7-6-28(11)20-16(21)17(27-8-12-2-3-13(9-27)31-12)15-18(22)26-29(19(15)24-20)14-4-5-23-25-14/h4-5,11-13H,2-3,6-10H2,1H3,(H2,22,26)(H,23,25)/t11-,12?,13?/m1/s1. The minimum Gasteiger partial charge on any atom is -0.382 e. The minimum absolute atomic E-state index is 0.00259. The van der Waals surface area contributed by atoms with Crippen molar-refractivity contribution >= 4 is 28.4 Å². The number of anilines is 3. The SMILES string of the molecule is C[C@@H]1COCCN1c1nc2c(c(N)nn2-c2ccn[nH]2)c(N2CC3CCC(C2)O3)c1F. The average Bonchev–Trinajstić information content (AvgIpc) is 3.48. The predicted octanol–water partition coefficient (Wildman–Crippen LogP) is 1.46. The number of aromatic amines is 1. The van der Waals surface area contributed by atoms with Crippen LogP contribution in [0.25, 0.3) is 16.9 Å². The monoisotopic (exact) mass is 428 g/mol. The first-order valence-electron chi connectivity index (χ1n) is 10.7. The number of morpholine rings is 2. The van der Waals surface area contributed by atoms with E-state index in [-0.39, 0.29) is 29.9 Å². The van der Waals surface area contributed by atoms with Gasteiger partial charge in [0.1, 0.15) is 0 Å². The van der Waals surface area contributed by atoms with Gasteiger partial charge in [-0.3, -0.25) is 5.10 Å². The summed E-state index contributed by atoms with van der Waals surface area (Å²) in [4.78, 5) is 8.78. The van der Waals surface area contributed by atoms with Crippen LogP contribution in [0.4, 0.5) is 21.7 Å². The Bertz CT molecular complexity index is 1100. The van der Waals surface area contributed by atoms with Crippen molar-refractivity contribution in [3.8, 4) is 5.82 Å². The third-order valence-electron chi connectivity index (χ3n) is 6.45. The van der Waals surface area contributed by atoms with Crippen molar-refractivity contribution in [2.24, 2.45) is 0 Å². The Kier molecular flexibility index (Phi) is 4.29. The normalized spacial score (nSPS) is 26.2. The lowest BCUT2D eigenvalue weighted by Crippen LogP contribution is -2.46. The first-order chi connectivity index (χ1) is 15.1. The topological polar surface area (TPSA) is 110 Å². The highest BCUT2D eigenvalue weighted by molar-refractivity contribution is 6.00. The van der Waals surface area contributed by atoms with Crippen molar-refractivity contribution in [1.82, 2.24) is 25.0 Å². The van der Waals surface area contributed by atoms with E-state index in [1.165, 1.54) is 0 Å². The Morgan fingerprint density at radius 2 is 2.06 bits per heavy atom. The molecule has 3 aromatic rings. The number of nitrogens with zero attached hydrogens (tertiary/aromatic N) is 6. The third kappa shape index (κ3) is 2.94. The van der Waals surface area contributed by atoms with E-state index in [9.17, 15) is 0 Å². The number of pyridine rings is 1. The Balaban J connectivity index is 1.58. The molecule has 0 spiro atoms. The Morgan fingerprint density at radius 1 is 1.26 bits per heavy atom. The van der Waals surface area contributed by atoms with E-state index in [1.807, 2.05) is 11.8 Å². The van der Waals surface area contributed by atoms with Gasteiger partial charge in [-0.2, -0.15) is 9.78 Å². The van der Waals surface area contributed by atoms with Gasteiger partial charge in [-0.15, -0.1) is 5.10 Å². The Morgan fingerprint density at radius 3 is 2.77 bits per heavy atom. The zero-order valence-electron chi connectivity index (χ0n) is 17.3. The molecule has 3 aliphatic heterocycles. The van der Waals surface area contributed by atoms with Crippen molar-refractivity contribution in [2.45, 2.75) is 38.0 Å². The van der Waals surface area contributed by atoms with E-state index < -0.39 is 0 Å². The molecule has 6 heterocycles. The van der Waals surface area contributed by atoms with E-state index >= 15 is 4.39 Å². The molecule has 3 atom stereocenters. The lowest BCUT2D eigenvalue weighted by atomic mass is 10.1. The summed E-state index contributed by atoms with van der Waals surface area (Å²) < 4.78 is 29.4. The zero-order chi connectivity index (χ0) is 21.1. The maximum Gasteiger partial charge on any atom is 0.189 e. The molecule has 31 heavy (non-hydrogen) atoms. The van der Waals surface area contributed by atoms with E-state index in [0.717, 1.165) is 12.8 Å². The van der Waals surface area contributed by atoms with Crippen LogP contribution >= 0.6 is 0 Å². The van der Waals surface area contributed by atoms with Crippen LogP contribution in [0.5, 0.6) is 0 Å². The summed E-state index contributed by atoms with van der Waals surface area (Å²) in [6.45, 7) is 4.89. The third-order valence-corrected chi connectivity index (χ3v) is 6.45. The summed E-state index contributed by atoms with van der Waals surface area (Å²) in [6.07, 6.45) is 3.83. The molecule has 3 N–H and O–H groups in total. The molecule has 3 aromatic heterocycles.